The zero-order valence-corrected chi connectivity index (χ0v) is 16.0. The lowest BCUT2D eigenvalue weighted by Crippen LogP contribution is -2.34. The summed E-state index contributed by atoms with van der Waals surface area (Å²) in [6.45, 7) is 1.89. The molecule has 1 aliphatic heterocycles. The van der Waals surface area contributed by atoms with Crippen molar-refractivity contribution in [1.29, 1.82) is 0 Å². The molecule has 0 fully saturated rings. The molecule has 3 amide bonds. The van der Waals surface area contributed by atoms with Gasteiger partial charge in [0.25, 0.3) is 11.8 Å². The summed E-state index contributed by atoms with van der Waals surface area (Å²) in [6, 6.07) is 11.3. The van der Waals surface area contributed by atoms with Crippen LogP contribution in [0.4, 0.5) is 11.4 Å². The number of fused-ring (bicyclic) bond motifs is 1. The Balaban J connectivity index is 1.78. The van der Waals surface area contributed by atoms with Gasteiger partial charge in [-0.2, -0.15) is 0 Å². The Morgan fingerprint density at radius 3 is 2.30 bits per heavy atom. The van der Waals surface area contributed by atoms with E-state index in [0.717, 1.165) is 4.90 Å². The smallest absolute Gasteiger partial charge is 0.266 e. The largest absolute Gasteiger partial charge is 0.331 e. The van der Waals surface area contributed by atoms with Crippen molar-refractivity contribution in [1.82, 2.24) is 5.32 Å². The average molecular weight is 402 g/mol. The predicted octanol–water partition coefficient (Wildman–Crippen LogP) is 3.75. The van der Waals surface area contributed by atoms with Gasteiger partial charge in [-0.25, -0.2) is 4.90 Å². The molecule has 0 saturated heterocycles. The van der Waals surface area contributed by atoms with Gasteiger partial charge in [-0.3, -0.25) is 14.4 Å². The van der Waals surface area contributed by atoms with E-state index in [1.54, 1.807) is 36.4 Å². The Morgan fingerprint density at radius 1 is 1.11 bits per heavy atom. The molecule has 2 N–H and O–H groups in total. The van der Waals surface area contributed by atoms with E-state index in [-0.39, 0.29) is 16.0 Å². The van der Waals surface area contributed by atoms with E-state index in [9.17, 15) is 14.4 Å². The molecule has 0 unspecified atom stereocenters. The third kappa shape index (κ3) is 3.84. The summed E-state index contributed by atoms with van der Waals surface area (Å²) < 4.78 is 0. The minimum Gasteiger partial charge on any atom is -0.331 e. The lowest BCUT2D eigenvalue weighted by atomic mass is 10.1. The number of nitrogens with zero attached hydrogens (tertiary/aromatic N) is 1. The van der Waals surface area contributed by atoms with Crippen LogP contribution in [0, 0.1) is 0 Å². The van der Waals surface area contributed by atoms with Gasteiger partial charge in [-0.1, -0.05) is 30.7 Å². The van der Waals surface area contributed by atoms with Crippen molar-refractivity contribution in [2.45, 2.75) is 19.8 Å². The van der Waals surface area contributed by atoms with Crippen LogP contribution in [-0.4, -0.2) is 22.8 Å². The molecule has 0 spiro atoms. The van der Waals surface area contributed by atoms with Crippen molar-refractivity contribution >= 4 is 58.0 Å². The van der Waals surface area contributed by atoms with Gasteiger partial charge in [0.15, 0.2) is 5.11 Å². The van der Waals surface area contributed by atoms with Crippen molar-refractivity contribution in [3.8, 4) is 0 Å². The predicted molar refractivity (Wildman–Crippen MR) is 108 cm³/mol. The Labute approximate surface area is 166 Å². The first-order valence-corrected chi connectivity index (χ1v) is 9.09. The fourth-order valence-electron chi connectivity index (χ4n) is 2.74. The highest BCUT2D eigenvalue weighted by Gasteiger charge is 2.36. The van der Waals surface area contributed by atoms with Gasteiger partial charge in [-0.15, -0.1) is 0 Å². The number of benzene rings is 2. The fourth-order valence-corrected chi connectivity index (χ4v) is 3.18. The van der Waals surface area contributed by atoms with Crippen LogP contribution < -0.4 is 15.5 Å². The van der Waals surface area contributed by atoms with E-state index >= 15 is 0 Å². The molecular weight excluding hydrogens is 386 g/mol. The summed E-state index contributed by atoms with van der Waals surface area (Å²) in [5.74, 6) is -0.974. The molecule has 1 heterocycles. The lowest BCUT2D eigenvalue weighted by Gasteiger charge is -2.16. The first kappa shape index (κ1) is 19.0. The number of hydrogen-bond donors (Lipinski definition) is 2. The summed E-state index contributed by atoms with van der Waals surface area (Å²) in [5.41, 5.74) is 1.54. The summed E-state index contributed by atoms with van der Waals surface area (Å²) in [6.07, 6.45) is 1.08. The number of halogens is 1. The van der Waals surface area contributed by atoms with Crippen molar-refractivity contribution in [3.63, 3.8) is 0 Å². The number of rotatable bonds is 4. The number of carbonyl (C=O) groups is 3. The lowest BCUT2D eigenvalue weighted by molar-refractivity contribution is -0.119. The molecule has 8 heteroatoms. The topological polar surface area (TPSA) is 78.5 Å². The van der Waals surface area contributed by atoms with Crippen molar-refractivity contribution in [2.24, 2.45) is 0 Å². The quantitative estimate of drug-likeness (QED) is 0.602. The van der Waals surface area contributed by atoms with Crippen molar-refractivity contribution in [3.05, 3.63) is 58.6 Å². The molecule has 6 nitrogen and oxygen atoms in total. The maximum Gasteiger partial charge on any atom is 0.266 e. The van der Waals surface area contributed by atoms with Gasteiger partial charge >= 0.3 is 0 Å². The number of imide groups is 1. The van der Waals surface area contributed by atoms with Crippen LogP contribution in [0.15, 0.2) is 42.5 Å². The van der Waals surface area contributed by atoms with E-state index < -0.39 is 11.8 Å². The highest BCUT2D eigenvalue weighted by atomic mass is 35.5. The molecule has 3 rings (SSSR count). The van der Waals surface area contributed by atoms with Gasteiger partial charge in [0, 0.05) is 6.42 Å². The number of hydrogen-bond acceptors (Lipinski definition) is 4. The molecular formula is C19H16ClN3O3S. The van der Waals surface area contributed by atoms with Crippen LogP contribution in [0.5, 0.6) is 0 Å². The van der Waals surface area contributed by atoms with Crippen LogP contribution in [0.2, 0.25) is 5.02 Å². The second-order valence-electron chi connectivity index (χ2n) is 5.91. The van der Waals surface area contributed by atoms with Crippen LogP contribution in [0.25, 0.3) is 0 Å². The average Bonchev–Trinajstić information content (AvgIpc) is 2.88. The highest BCUT2D eigenvalue weighted by molar-refractivity contribution is 7.80. The zero-order valence-electron chi connectivity index (χ0n) is 14.4. The minimum atomic E-state index is -0.394. The minimum absolute atomic E-state index is 0.129. The van der Waals surface area contributed by atoms with Crippen molar-refractivity contribution in [2.75, 3.05) is 10.2 Å². The van der Waals surface area contributed by atoms with Crippen LogP contribution in [0.1, 0.15) is 40.5 Å². The maximum absolute atomic E-state index is 12.5. The van der Waals surface area contributed by atoms with Crippen LogP contribution in [-0.2, 0) is 4.79 Å². The second kappa shape index (κ2) is 7.85. The fraction of sp³-hybridized carbons (Fsp3) is 0.158. The molecule has 27 heavy (non-hydrogen) atoms. The van der Waals surface area contributed by atoms with Gasteiger partial charge in [-0.05, 0) is 49.0 Å². The summed E-state index contributed by atoms with van der Waals surface area (Å²) in [4.78, 5) is 37.8. The van der Waals surface area contributed by atoms with Gasteiger partial charge in [0.1, 0.15) is 0 Å². The third-order valence-electron chi connectivity index (χ3n) is 3.98. The normalized spacial score (nSPS) is 12.7. The maximum atomic E-state index is 12.5. The van der Waals surface area contributed by atoms with E-state index in [1.807, 2.05) is 6.92 Å². The van der Waals surface area contributed by atoms with Crippen molar-refractivity contribution < 1.29 is 14.4 Å². The van der Waals surface area contributed by atoms with Gasteiger partial charge in [0.05, 0.1) is 27.5 Å². The first-order chi connectivity index (χ1) is 12.9. The van der Waals surface area contributed by atoms with E-state index in [4.69, 9.17) is 23.8 Å². The molecule has 2 aromatic carbocycles. The molecule has 0 atom stereocenters. The van der Waals surface area contributed by atoms with E-state index in [2.05, 4.69) is 10.6 Å². The molecule has 1 aliphatic rings. The Hall–Kier alpha value is -2.77. The molecule has 2 aromatic rings. The second-order valence-corrected chi connectivity index (χ2v) is 6.72. The number of amides is 3. The summed E-state index contributed by atoms with van der Waals surface area (Å²) in [5, 5.41) is 5.78. The van der Waals surface area contributed by atoms with Gasteiger partial charge < -0.3 is 10.6 Å². The van der Waals surface area contributed by atoms with Crippen LogP contribution in [0.3, 0.4) is 0 Å². The molecule has 0 aromatic heterocycles. The number of nitrogens with one attached hydrogen (secondary N) is 2. The summed E-state index contributed by atoms with van der Waals surface area (Å²) >= 11 is 11.4. The number of anilines is 2. The third-order valence-corrected chi connectivity index (χ3v) is 4.50. The van der Waals surface area contributed by atoms with E-state index in [0.29, 0.717) is 35.3 Å². The molecule has 0 aliphatic carbocycles. The Bertz CT molecular complexity index is 926. The van der Waals surface area contributed by atoms with Gasteiger partial charge in [0.2, 0.25) is 5.91 Å². The summed E-state index contributed by atoms with van der Waals surface area (Å²) in [7, 11) is 0. The SMILES string of the molecule is CCCC(=O)NC(=S)Nc1ccc(N2C(=O)c3ccccc3C2=O)cc1Cl. The number of carbonyl (C=O) groups excluding carboxylic acids is 3. The molecule has 138 valence electrons. The molecule has 0 radical (unpaired) electrons. The highest BCUT2D eigenvalue weighted by Crippen LogP contribution is 2.32. The number of thiocarbonyl (C=S) groups is 1. The monoisotopic (exact) mass is 401 g/mol. The Morgan fingerprint density at radius 2 is 1.74 bits per heavy atom. The Kier molecular flexibility index (Phi) is 5.53. The molecule has 0 saturated carbocycles. The first-order valence-electron chi connectivity index (χ1n) is 8.30. The van der Waals surface area contributed by atoms with E-state index in [1.165, 1.54) is 6.07 Å². The zero-order chi connectivity index (χ0) is 19.6. The van der Waals surface area contributed by atoms with Crippen LogP contribution >= 0.6 is 23.8 Å². The standard InChI is InChI=1S/C19H16ClN3O3S/c1-2-5-16(24)22-19(27)21-15-9-8-11(10-14(15)20)23-17(25)12-6-3-4-7-13(12)18(23)26/h3-4,6-10H,2,5H2,1H3,(H2,21,22,24,27). The molecule has 0 bridgehead atoms.